The number of amides is 1. The zero-order valence-electron chi connectivity index (χ0n) is 14.8. The van der Waals surface area contributed by atoms with Gasteiger partial charge in [-0.25, -0.2) is 0 Å². The van der Waals surface area contributed by atoms with Crippen LogP contribution in [0.2, 0.25) is 0 Å². The number of carbonyl (C=O) groups is 1. The number of hydrogen-bond acceptors (Lipinski definition) is 5. The van der Waals surface area contributed by atoms with Crippen molar-refractivity contribution in [1.29, 1.82) is 0 Å². The van der Waals surface area contributed by atoms with Crippen LogP contribution in [-0.4, -0.2) is 37.4 Å². The number of nitrogens with zero attached hydrogens (tertiary/aromatic N) is 4. The maximum atomic E-state index is 12.5. The molecule has 0 unspecified atom stereocenters. The van der Waals surface area contributed by atoms with E-state index in [1.165, 1.54) is 43.0 Å². The molecule has 1 aromatic heterocycles. The van der Waals surface area contributed by atoms with E-state index in [1.807, 2.05) is 38.1 Å². The molecule has 0 spiro atoms. The van der Waals surface area contributed by atoms with Gasteiger partial charge in [0.05, 0.1) is 10.9 Å². The Morgan fingerprint density at radius 3 is 2.56 bits per heavy atom. The number of carbonyl (C=O) groups excluding carboxylic acids is 1. The smallest absolute Gasteiger partial charge is 0.233 e. The van der Waals surface area contributed by atoms with Gasteiger partial charge in [-0.15, -0.1) is 5.10 Å². The summed E-state index contributed by atoms with van der Waals surface area (Å²) in [5, 5.41) is 15.5. The molecule has 1 aliphatic rings. The molecule has 0 bridgehead atoms. The zero-order chi connectivity index (χ0) is 17.6. The predicted molar refractivity (Wildman–Crippen MR) is 98.8 cm³/mol. The first-order valence-corrected chi connectivity index (χ1v) is 9.84. The van der Waals surface area contributed by atoms with Crippen LogP contribution in [0.4, 0.5) is 0 Å². The average Bonchev–Trinajstić information content (AvgIpc) is 2.90. The third kappa shape index (κ3) is 4.81. The molecule has 1 heterocycles. The van der Waals surface area contributed by atoms with Crippen molar-refractivity contribution in [3.8, 4) is 5.69 Å². The second-order valence-electron chi connectivity index (χ2n) is 6.67. The van der Waals surface area contributed by atoms with E-state index in [0.717, 1.165) is 18.5 Å². The fourth-order valence-electron chi connectivity index (χ4n) is 3.05. The fraction of sp³-hybridized carbons (Fsp3) is 0.556. The van der Waals surface area contributed by atoms with Crippen LogP contribution < -0.4 is 5.32 Å². The van der Waals surface area contributed by atoms with E-state index in [9.17, 15) is 4.79 Å². The lowest BCUT2D eigenvalue weighted by atomic mass is 10.1. The molecule has 2 aromatic rings. The summed E-state index contributed by atoms with van der Waals surface area (Å²) in [6.07, 6.45) is 7.15. The average molecular weight is 359 g/mol. The predicted octanol–water partition coefficient (Wildman–Crippen LogP) is 3.29. The Hall–Kier alpha value is -1.89. The van der Waals surface area contributed by atoms with E-state index in [2.05, 4.69) is 20.8 Å². The molecule has 1 aromatic carbocycles. The van der Waals surface area contributed by atoms with Crippen molar-refractivity contribution in [3.63, 3.8) is 0 Å². The number of thioether (sulfide) groups is 1. The summed E-state index contributed by atoms with van der Waals surface area (Å²) >= 11 is 1.39. The van der Waals surface area contributed by atoms with Gasteiger partial charge in [0, 0.05) is 6.04 Å². The standard InChI is InChI=1S/C18H25N5OS/c1-13-9-11-16(12-10-13)23-18(20-21-22-23)25-14(2)17(24)19-15-7-5-3-4-6-8-15/h9-12,14-15H,3-8H2,1-2H3,(H,19,24)/t14-/m0/s1. The van der Waals surface area contributed by atoms with Crippen LogP contribution in [0.25, 0.3) is 5.69 Å². The Morgan fingerprint density at radius 2 is 1.88 bits per heavy atom. The quantitative estimate of drug-likeness (QED) is 0.655. The lowest BCUT2D eigenvalue weighted by Crippen LogP contribution is -2.39. The molecule has 1 saturated carbocycles. The summed E-state index contributed by atoms with van der Waals surface area (Å²) in [7, 11) is 0. The first kappa shape index (κ1) is 17.9. The fourth-order valence-corrected chi connectivity index (χ4v) is 3.87. The number of nitrogens with one attached hydrogen (secondary N) is 1. The van der Waals surface area contributed by atoms with Gasteiger partial charge in [0.15, 0.2) is 0 Å². The van der Waals surface area contributed by atoms with Crippen LogP contribution in [0, 0.1) is 6.92 Å². The topological polar surface area (TPSA) is 72.7 Å². The largest absolute Gasteiger partial charge is 0.352 e. The highest BCUT2D eigenvalue weighted by molar-refractivity contribution is 8.00. The molecule has 25 heavy (non-hydrogen) atoms. The number of aryl methyl sites for hydroxylation is 1. The minimum Gasteiger partial charge on any atom is -0.352 e. The number of benzene rings is 1. The molecule has 3 rings (SSSR count). The van der Waals surface area contributed by atoms with Crippen molar-refractivity contribution < 1.29 is 4.79 Å². The molecule has 1 atom stereocenters. The summed E-state index contributed by atoms with van der Waals surface area (Å²) in [6.45, 7) is 3.95. The lowest BCUT2D eigenvalue weighted by molar-refractivity contribution is -0.121. The monoisotopic (exact) mass is 359 g/mol. The van der Waals surface area contributed by atoms with Crippen molar-refractivity contribution in [3.05, 3.63) is 29.8 Å². The Bertz CT molecular complexity index is 692. The second-order valence-corrected chi connectivity index (χ2v) is 7.97. The Labute approximate surface area is 152 Å². The van der Waals surface area contributed by atoms with Gasteiger partial charge in [-0.2, -0.15) is 4.68 Å². The molecule has 0 saturated heterocycles. The third-order valence-electron chi connectivity index (χ3n) is 4.57. The van der Waals surface area contributed by atoms with Gasteiger partial charge in [-0.05, 0) is 49.2 Å². The molecule has 7 heteroatoms. The van der Waals surface area contributed by atoms with Gasteiger partial charge in [-0.1, -0.05) is 55.1 Å². The summed E-state index contributed by atoms with van der Waals surface area (Å²) in [5.41, 5.74) is 2.08. The van der Waals surface area contributed by atoms with Crippen molar-refractivity contribution in [1.82, 2.24) is 25.5 Å². The van der Waals surface area contributed by atoms with E-state index >= 15 is 0 Å². The summed E-state index contributed by atoms with van der Waals surface area (Å²) in [6, 6.07) is 8.31. The summed E-state index contributed by atoms with van der Waals surface area (Å²) in [4.78, 5) is 12.5. The molecule has 134 valence electrons. The van der Waals surface area contributed by atoms with E-state index in [-0.39, 0.29) is 11.2 Å². The number of tetrazole rings is 1. The van der Waals surface area contributed by atoms with Crippen LogP contribution in [0.5, 0.6) is 0 Å². The van der Waals surface area contributed by atoms with Gasteiger partial charge in [0.2, 0.25) is 11.1 Å². The van der Waals surface area contributed by atoms with Crippen LogP contribution >= 0.6 is 11.8 Å². The molecular weight excluding hydrogens is 334 g/mol. The van der Waals surface area contributed by atoms with Crippen LogP contribution in [-0.2, 0) is 4.79 Å². The maximum Gasteiger partial charge on any atom is 0.233 e. The maximum absolute atomic E-state index is 12.5. The first-order valence-electron chi connectivity index (χ1n) is 8.96. The highest BCUT2D eigenvalue weighted by Gasteiger charge is 2.22. The second kappa shape index (κ2) is 8.47. The summed E-state index contributed by atoms with van der Waals surface area (Å²) < 4.78 is 1.68. The minimum absolute atomic E-state index is 0.0651. The van der Waals surface area contributed by atoms with E-state index in [0.29, 0.717) is 11.2 Å². The van der Waals surface area contributed by atoms with Crippen LogP contribution in [0.1, 0.15) is 51.0 Å². The Balaban J connectivity index is 1.63. The number of aromatic nitrogens is 4. The van der Waals surface area contributed by atoms with Crippen molar-refractivity contribution in [2.24, 2.45) is 0 Å². The molecule has 1 N–H and O–H groups in total. The van der Waals surface area contributed by atoms with Gasteiger partial charge >= 0.3 is 0 Å². The molecule has 0 radical (unpaired) electrons. The normalized spacial score (nSPS) is 17.0. The van der Waals surface area contributed by atoms with E-state index in [1.54, 1.807) is 4.68 Å². The van der Waals surface area contributed by atoms with Crippen LogP contribution in [0.15, 0.2) is 29.4 Å². The van der Waals surface area contributed by atoms with Crippen molar-refractivity contribution in [2.75, 3.05) is 0 Å². The van der Waals surface area contributed by atoms with E-state index < -0.39 is 0 Å². The SMILES string of the molecule is Cc1ccc(-n2nnnc2S[C@@H](C)C(=O)NC2CCCCCC2)cc1. The summed E-state index contributed by atoms with van der Waals surface area (Å²) in [5.74, 6) is 0.0651. The van der Waals surface area contributed by atoms with E-state index in [4.69, 9.17) is 0 Å². The Morgan fingerprint density at radius 1 is 1.20 bits per heavy atom. The highest BCUT2D eigenvalue weighted by atomic mass is 32.2. The van der Waals surface area contributed by atoms with Gasteiger partial charge in [0.1, 0.15) is 0 Å². The lowest BCUT2D eigenvalue weighted by Gasteiger charge is -2.19. The molecular formula is C18H25N5OS. The number of rotatable bonds is 5. The van der Waals surface area contributed by atoms with Crippen molar-refractivity contribution >= 4 is 17.7 Å². The van der Waals surface area contributed by atoms with Gasteiger partial charge in [0.25, 0.3) is 0 Å². The van der Waals surface area contributed by atoms with Gasteiger partial charge in [-0.3, -0.25) is 4.79 Å². The molecule has 1 fully saturated rings. The highest BCUT2D eigenvalue weighted by Crippen LogP contribution is 2.24. The molecule has 1 amide bonds. The number of hydrogen-bond donors (Lipinski definition) is 1. The molecule has 1 aliphatic carbocycles. The third-order valence-corrected chi connectivity index (χ3v) is 5.61. The zero-order valence-corrected chi connectivity index (χ0v) is 15.6. The molecule has 6 nitrogen and oxygen atoms in total. The molecule has 0 aliphatic heterocycles. The van der Waals surface area contributed by atoms with Gasteiger partial charge < -0.3 is 5.32 Å². The van der Waals surface area contributed by atoms with Crippen LogP contribution in [0.3, 0.4) is 0 Å². The first-order chi connectivity index (χ1) is 12.1. The van der Waals surface area contributed by atoms with Crippen molar-refractivity contribution in [2.45, 2.75) is 68.8 Å². The Kier molecular flexibility index (Phi) is 6.07. The minimum atomic E-state index is -0.238.